The van der Waals surface area contributed by atoms with Crippen LogP contribution >= 0.6 is 0 Å². The summed E-state index contributed by atoms with van der Waals surface area (Å²) in [6.45, 7) is 1.67. The van der Waals surface area contributed by atoms with Crippen LogP contribution in [0.2, 0.25) is 0 Å². The number of hydrogen-bond acceptors (Lipinski definition) is 4. The fourth-order valence-corrected chi connectivity index (χ4v) is 3.64. The zero-order valence-electron chi connectivity index (χ0n) is 10.6. The molecular formula is C13H19NO3S. The number of aryl methyl sites for hydroxylation is 1. The Labute approximate surface area is 108 Å². The van der Waals surface area contributed by atoms with Crippen LogP contribution in [-0.4, -0.2) is 40.1 Å². The maximum absolute atomic E-state index is 11.9. The predicted molar refractivity (Wildman–Crippen MR) is 71.7 cm³/mol. The van der Waals surface area contributed by atoms with Crippen LogP contribution in [0.5, 0.6) is 5.75 Å². The molecule has 4 nitrogen and oxygen atoms in total. The first kappa shape index (κ1) is 13.4. The molecule has 1 heterocycles. The highest BCUT2D eigenvalue weighted by molar-refractivity contribution is 7.91. The van der Waals surface area contributed by atoms with Gasteiger partial charge in [-0.2, -0.15) is 0 Å². The van der Waals surface area contributed by atoms with E-state index < -0.39 is 9.84 Å². The van der Waals surface area contributed by atoms with Crippen molar-refractivity contribution in [3.63, 3.8) is 0 Å². The van der Waals surface area contributed by atoms with Crippen molar-refractivity contribution in [2.75, 3.05) is 31.7 Å². The molecule has 2 rings (SSSR count). The van der Waals surface area contributed by atoms with Crippen LogP contribution in [0, 0.1) is 5.92 Å². The fourth-order valence-electron chi connectivity index (χ4n) is 1.97. The van der Waals surface area contributed by atoms with Gasteiger partial charge in [0.25, 0.3) is 0 Å². The van der Waals surface area contributed by atoms with E-state index in [1.54, 1.807) is 7.11 Å². The molecule has 18 heavy (non-hydrogen) atoms. The molecule has 1 aromatic rings. The Morgan fingerprint density at radius 2 is 1.94 bits per heavy atom. The average Bonchev–Trinajstić information content (AvgIpc) is 2.32. The number of nitrogens with one attached hydrogen (secondary N) is 1. The van der Waals surface area contributed by atoms with Crippen LogP contribution in [0.4, 0.5) is 0 Å². The second-order valence-corrected chi connectivity index (χ2v) is 6.97. The highest BCUT2D eigenvalue weighted by Gasteiger charge is 2.23. The Bertz CT molecular complexity index is 477. The number of ether oxygens (including phenoxy) is 1. The molecule has 0 aliphatic carbocycles. The van der Waals surface area contributed by atoms with Gasteiger partial charge in [0, 0.05) is 13.1 Å². The quantitative estimate of drug-likeness (QED) is 0.832. The van der Waals surface area contributed by atoms with E-state index in [0.29, 0.717) is 18.1 Å². The van der Waals surface area contributed by atoms with E-state index in [2.05, 4.69) is 5.32 Å². The van der Waals surface area contributed by atoms with Gasteiger partial charge in [0.2, 0.25) is 0 Å². The molecule has 0 atom stereocenters. The Morgan fingerprint density at radius 1 is 1.28 bits per heavy atom. The number of sulfone groups is 1. The van der Waals surface area contributed by atoms with E-state index in [1.165, 1.54) is 0 Å². The van der Waals surface area contributed by atoms with E-state index >= 15 is 0 Å². The summed E-state index contributed by atoms with van der Waals surface area (Å²) in [5.41, 5.74) is 1.03. The van der Waals surface area contributed by atoms with Gasteiger partial charge < -0.3 is 10.1 Å². The third-order valence-corrected chi connectivity index (χ3v) is 5.02. The number of benzene rings is 1. The van der Waals surface area contributed by atoms with Crippen molar-refractivity contribution in [2.24, 2.45) is 5.92 Å². The summed E-state index contributed by atoms with van der Waals surface area (Å²) in [4.78, 5) is 0. The number of hydrogen-bond donors (Lipinski definition) is 1. The molecule has 0 bridgehead atoms. The van der Waals surface area contributed by atoms with Crippen molar-refractivity contribution in [1.82, 2.24) is 5.32 Å². The first-order chi connectivity index (χ1) is 8.59. The van der Waals surface area contributed by atoms with Gasteiger partial charge in [-0.15, -0.1) is 0 Å². The molecule has 0 unspecified atom stereocenters. The van der Waals surface area contributed by atoms with Crippen molar-refractivity contribution in [3.05, 3.63) is 29.8 Å². The summed E-state index contributed by atoms with van der Waals surface area (Å²) in [7, 11) is -1.31. The molecule has 1 aliphatic rings. The lowest BCUT2D eigenvalue weighted by molar-refractivity contribution is 0.378. The van der Waals surface area contributed by atoms with Gasteiger partial charge in [0.05, 0.1) is 18.6 Å². The third-order valence-electron chi connectivity index (χ3n) is 3.22. The van der Waals surface area contributed by atoms with Gasteiger partial charge in [-0.3, -0.25) is 0 Å². The van der Waals surface area contributed by atoms with E-state index in [-0.39, 0.29) is 5.75 Å². The Hall–Kier alpha value is -1.07. The Morgan fingerprint density at radius 3 is 2.44 bits per heavy atom. The number of methoxy groups -OCH3 is 1. The predicted octanol–water partition coefficient (Wildman–Crippen LogP) is 0.872. The minimum Gasteiger partial charge on any atom is -0.497 e. The minimum atomic E-state index is -2.93. The Kier molecular flexibility index (Phi) is 4.24. The highest BCUT2D eigenvalue weighted by Crippen LogP contribution is 2.13. The van der Waals surface area contributed by atoms with Gasteiger partial charge >= 0.3 is 0 Å². The summed E-state index contributed by atoms with van der Waals surface area (Å²) >= 11 is 0. The van der Waals surface area contributed by atoms with E-state index in [1.807, 2.05) is 24.3 Å². The van der Waals surface area contributed by atoms with Crippen LogP contribution < -0.4 is 10.1 Å². The molecule has 1 saturated heterocycles. The molecule has 0 aromatic heterocycles. The van der Waals surface area contributed by atoms with E-state index in [9.17, 15) is 8.42 Å². The van der Waals surface area contributed by atoms with Gasteiger partial charge in [-0.25, -0.2) is 8.42 Å². The maximum Gasteiger partial charge on any atom is 0.151 e. The molecule has 0 amide bonds. The molecule has 1 fully saturated rings. The third kappa shape index (κ3) is 3.71. The van der Waals surface area contributed by atoms with E-state index in [0.717, 1.165) is 24.4 Å². The molecule has 100 valence electrons. The molecular weight excluding hydrogens is 250 g/mol. The van der Waals surface area contributed by atoms with E-state index in [4.69, 9.17) is 4.74 Å². The van der Waals surface area contributed by atoms with Crippen LogP contribution in [0.1, 0.15) is 5.56 Å². The van der Waals surface area contributed by atoms with Crippen molar-refractivity contribution < 1.29 is 13.2 Å². The highest BCUT2D eigenvalue weighted by atomic mass is 32.2. The van der Waals surface area contributed by atoms with Gasteiger partial charge in [0.1, 0.15) is 5.75 Å². The summed E-state index contributed by atoms with van der Waals surface area (Å²) in [6.07, 6.45) is 0.576. The lowest BCUT2D eigenvalue weighted by Crippen LogP contribution is -2.45. The topological polar surface area (TPSA) is 55.4 Å². The molecule has 1 aliphatic heterocycles. The molecule has 0 spiro atoms. The molecule has 1 aromatic carbocycles. The summed E-state index contributed by atoms with van der Waals surface area (Å²) in [6, 6.07) is 7.55. The second-order valence-electron chi connectivity index (χ2n) is 4.74. The first-order valence-corrected chi connectivity index (χ1v) is 7.95. The fraction of sp³-hybridized carbons (Fsp3) is 0.538. The maximum atomic E-state index is 11.9. The smallest absolute Gasteiger partial charge is 0.151 e. The number of rotatable bonds is 6. The second kappa shape index (κ2) is 5.71. The summed E-state index contributed by atoms with van der Waals surface area (Å²) in [5.74, 6) is 1.65. The molecule has 1 N–H and O–H groups in total. The van der Waals surface area contributed by atoms with Crippen LogP contribution in [-0.2, 0) is 16.3 Å². The molecule has 0 saturated carbocycles. The Balaban J connectivity index is 1.85. The lowest BCUT2D eigenvalue weighted by Gasteiger charge is -2.26. The van der Waals surface area contributed by atoms with Crippen molar-refractivity contribution in [1.29, 1.82) is 0 Å². The van der Waals surface area contributed by atoms with Gasteiger partial charge in [0.15, 0.2) is 9.84 Å². The largest absolute Gasteiger partial charge is 0.497 e. The lowest BCUT2D eigenvalue weighted by atomic mass is 10.1. The monoisotopic (exact) mass is 269 g/mol. The normalized spacial score (nSPS) is 16.3. The van der Waals surface area contributed by atoms with Crippen LogP contribution in [0.25, 0.3) is 0 Å². The van der Waals surface area contributed by atoms with Crippen molar-refractivity contribution in [3.8, 4) is 5.75 Å². The van der Waals surface area contributed by atoms with Crippen LogP contribution in [0.15, 0.2) is 24.3 Å². The van der Waals surface area contributed by atoms with Crippen molar-refractivity contribution in [2.45, 2.75) is 6.42 Å². The minimum absolute atomic E-state index is 0.232. The average molecular weight is 269 g/mol. The van der Waals surface area contributed by atoms with Gasteiger partial charge in [-0.1, -0.05) is 12.1 Å². The molecule has 0 radical (unpaired) electrons. The first-order valence-electron chi connectivity index (χ1n) is 6.13. The molecule has 5 heteroatoms. The zero-order chi connectivity index (χ0) is 13.0. The summed E-state index contributed by atoms with van der Waals surface area (Å²) in [5, 5.41) is 3.09. The van der Waals surface area contributed by atoms with Crippen molar-refractivity contribution >= 4 is 9.84 Å². The van der Waals surface area contributed by atoms with Gasteiger partial charge in [-0.05, 0) is 30.0 Å². The summed E-state index contributed by atoms with van der Waals surface area (Å²) < 4.78 is 28.8. The standard InChI is InChI=1S/C13H19NO3S/c1-17-13-4-2-11(3-5-13)6-7-18(15,16)10-12-8-14-9-12/h2-5,12,14H,6-10H2,1H3. The SMILES string of the molecule is COc1ccc(CCS(=O)(=O)CC2CNC2)cc1. The zero-order valence-corrected chi connectivity index (χ0v) is 11.4. The van der Waals surface area contributed by atoms with Crippen LogP contribution in [0.3, 0.4) is 0 Å².